The number of carboxylic acids is 1. The van der Waals surface area contributed by atoms with Crippen LogP contribution in [0.15, 0.2) is 36.5 Å². The smallest absolute Gasteiger partial charge is 0.337 e. The molecule has 1 fully saturated rings. The van der Waals surface area contributed by atoms with Crippen LogP contribution in [0.3, 0.4) is 0 Å². The molecule has 1 aromatic heterocycles. The van der Waals surface area contributed by atoms with Crippen molar-refractivity contribution in [1.82, 2.24) is 9.88 Å². The number of aryl methyl sites for hydroxylation is 1. The second-order valence-electron chi connectivity index (χ2n) is 6.14. The third-order valence-corrected chi connectivity index (χ3v) is 4.38. The average molecular weight is 314 g/mol. The molecule has 5 heteroatoms. The van der Waals surface area contributed by atoms with E-state index < -0.39 is 5.97 Å². The van der Waals surface area contributed by atoms with Crippen molar-refractivity contribution in [3.63, 3.8) is 0 Å². The fourth-order valence-corrected chi connectivity index (χ4v) is 3.15. The van der Waals surface area contributed by atoms with Gasteiger partial charge in [0.1, 0.15) is 0 Å². The number of aromatic carboxylic acids is 1. The first kappa shape index (κ1) is 15.8. The van der Waals surface area contributed by atoms with Crippen molar-refractivity contribution in [2.45, 2.75) is 38.5 Å². The number of carbonyl (C=O) groups is 1. The Morgan fingerprint density at radius 3 is 3.04 bits per heavy atom. The van der Waals surface area contributed by atoms with Gasteiger partial charge in [-0.15, -0.1) is 0 Å². The molecular weight excluding hydrogens is 292 g/mol. The van der Waals surface area contributed by atoms with Crippen molar-refractivity contribution in [3.05, 3.63) is 47.7 Å². The van der Waals surface area contributed by atoms with Gasteiger partial charge in [0.25, 0.3) is 0 Å². The van der Waals surface area contributed by atoms with Crippen molar-refractivity contribution >= 4 is 16.9 Å². The summed E-state index contributed by atoms with van der Waals surface area (Å²) in [5.74, 6) is -0.910. The van der Waals surface area contributed by atoms with Gasteiger partial charge in [-0.25, -0.2) is 4.79 Å². The molecule has 0 saturated carbocycles. The maximum Gasteiger partial charge on any atom is 0.337 e. The molecule has 0 spiro atoms. The summed E-state index contributed by atoms with van der Waals surface area (Å²) in [6.07, 6.45) is 7.10. The lowest BCUT2D eigenvalue weighted by Crippen LogP contribution is -2.43. The van der Waals surface area contributed by atoms with Gasteiger partial charge in [-0.1, -0.05) is 23.8 Å². The Hall–Kier alpha value is -2.11. The van der Waals surface area contributed by atoms with Crippen molar-refractivity contribution in [2.24, 2.45) is 0 Å². The number of rotatable bonds is 4. The number of hydrogen-bond donors (Lipinski definition) is 3. The largest absolute Gasteiger partial charge is 0.478 e. The highest BCUT2D eigenvalue weighted by Gasteiger charge is 2.19. The Kier molecular flexibility index (Phi) is 4.50. The third kappa shape index (κ3) is 3.30. The summed E-state index contributed by atoms with van der Waals surface area (Å²) in [4.78, 5) is 11.4. The summed E-state index contributed by atoms with van der Waals surface area (Å²) in [6, 6.07) is 5.83. The lowest BCUT2D eigenvalue weighted by Gasteiger charge is -2.26. The van der Waals surface area contributed by atoms with E-state index in [2.05, 4.69) is 5.32 Å². The molecule has 3 rings (SSSR count). The van der Waals surface area contributed by atoms with Gasteiger partial charge in [-0.2, -0.15) is 0 Å². The third-order valence-electron chi connectivity index (χ3n) is 4.38. The van der Waals surface area contributed by atoms with Crippen LogP contribution in [0, 0.1) is 6.92 Å². The fourth-order valence-electron chi connectivity index (χ4n) is 3.15. The van der Waals surface area contributed by atoms with Crippen LogP contribution in [0.4, 0.5) is 0 Å². The Labute approximate surface area is 135 Å². The lowest BCUT2D eigenvalue weighted by atomic mass is 10.0. The van der Waals surface area contributed by atoms with Crippen LogP contribution >= 0.6 is 0 Å². The summed E-state index contributed by atoms with van der Waals surface area (Å²) in [5, 5.41) is 23.4. The van der Waals surface area contributed by atoms with Crippen LogP contribution in [0.5, 0.6) is 0 Å². The molecule has 0 radical (unpaired) electrons. The number of piperidine rings is 1. The van der Waals surface area contributed by atoms with Gasteiger partial charge in [-0.05, 0) is 38.4 Å². The zero-order valence-electron chi connectivity index (χ0n) is 13.2. The van der Waals surface area contributed by atoms with E-state index in [1.165, 1.54) is 0 Å². The second kappa shape index (κ2) is 6.56. The quantitative estimate of drug-likeness (QED) is 0.757. The predicted octanol–water partition coefficient (Wildman–Crippen LogP) is 2.32. The molecule has 2 heterocycles. The van der Waals surface area contributed by atoms with Gasteiger partial charge < -0.3 is 20.1 Å². The highest BCUT2D eigenvalue weighted by molar-refractivity contribution is 6.03. The van der Waals surface area contributed by atoms with E-state index in [1.807, 2.05) is 41.8 Å². The molecule has 0 amide bonds. The van der Waals surface area contributed by atoms with Crippen LogP contribution in [0.2, 0.25) is 0 Å². The van der Waals surface area contributed by atoms with Crippen molar-refractivity contribution < 1.29 is 15.0 Å². The number of hydrogen-bond acceptors (Lipinski definition) is 3. The zero-order valence-corrected chi connectivity index (χ0v) is 13.2. The van der Waals surface area contributed by atoms with E-state index in [0.717, 1.165) is 35.9 Å². The van der Waals surface area contributed by atoms with Crippen molar-refractivity contribution in [2.75, 3.05) is 6.54 Å². The number of carboxylic acid groups (broad SMARTS) is 1. The van der Waals surface area contributed by atoms with Crippen LogP contribution in [0.1, 0.15) is 28.8 Å². The van der Waals surface area contributed by atoms with Crippen molar-refractivity contribution in [3.8, 4) is 0 Å². The molecular formula is C18H22N2O3. The molecule has 2 aromatic rings. The average Bonchev–Trinajstić information content (AvgIpc) is 2.87. The summed E-state index contributed by atoms with van der Waals surface area (Å²) < 4.78 is 1.93. The number of benzene rings is 1. The molecule has 5 nitrogen and oxygen atoms in total. The molecule has 1 aliphatic heterocycles. The molecule has 0 aliphatic carbocycles. The van der Waals surface area contributed by atoms with Gasteiger partial charge in [0.2, 0.25) is 0 Å². The molecule has 1 aromatic carbocycles. The van der Waals surface area contributed by atoms with E-state index in [4.69, 9.17) is 0 Å². The predicted molar refractivity (Wildman–Crippen MR) is 89.8 cm³/mol. The highest BCUT2D eigenvalue weighted by atomic mass is 16.4. The minimum atomic E-state index is -0.910. The molecule has 3 N–H and O–H groups in total. The van der Waals surface area contributed by atoms with Crippen LogP contribution in [-0.4, -0.2) is 39.4 Å². The van der Waals surface area contributed by atoms with E-state index in [9.17, 15) is 15.0 Å². The zero-order chi connectivity index (χ0) is 16.4. The maximum absolute atomic E-state index is 11.4. The highest BCUT2D eigenvalue weighted by Crippen LogP contribution is 2.23. The van der Waals surface area contributed by atoms with Gasteiger partial charge in [0, 0.05) is 23.6 Å². The summed E-state index contributed by atoms with van der Waals surface area (Å²) in [7, 11) is 0. The van der Waals surface area contributed by atoms with E-state index in [0.29, 0.717) is 12.1 Å². The SMILES string of the molecule is Cc1ccc2c(c1)c(C(=O)O)cn2C/C=C/[C@H]1NCCC[C@@H]1O. The Balaban J connectivity index is 1.84. The minimum Gasteiger partial charge on any atom is -0.478 e. The number of allylic oxidation sites excluding steroid dienone is 1. The summed E-state index contributed by atoms with van der Waals surface area (Å²) in [5.41, 5.74) is 2.28. The van der Waals surface area contributed by atoms with Crippen LogP contribution in [-0.2, 0) is 6.54 Å². The topological polar surface area (TPSA) is 74.5 Å². The first-order valence-electron chi connectivity index (χ1n) is 7.97. The number of nitrogens with one attached hydrogen (secondary N) is 1. The second-order valence-corrected chi connectivity index (χ2v) is 6.14. The maximum atomic E-state index is 11.4. The van der Waals surface area contributed by atoms with Gasteiger partial charge in [-0.3, -0.25) is 0 Å². The van der Waals surface area contributed by atoms with Gasteiger partial charge in [0.15, 0.2) is 0 Å². The van der Waals surface area contributed by atoms with E-state index in [1.54, 1.807) is 6.20 Å². The van der Waals surface area contributed by atoms with Gasteiger partial charge >= 0.3 is 5.97 Å². The molecule has 0 unspecified atom stereocenters. The molecule has 1 saturated heterocycles. The monoisotopic (exact) mass is 314 g/mol. The number of nitrogens with zero attached hydrogens (tertiary/aromatic N) is 1. The fraction of sp³-hybridized carbons (Fsp3) is 0.389. The molecule has 23 heavy (non-hydrogen) atoms. The molecule has 2 atom stereocenters. The first-order valence-corrected chi connectivity index (χ1v) is 7.97. The molecule has 122 valence electrons. The van der Waals surface area contributed by atoms with E-state index in [-0.39, 0.29) is 12.1 Å². The van der Waals surface area contributed by atoms with Crippen molar-refractivity contribution in [1.29, 1.82) is 0 Å². The van der Waals surface area contributed by atoms with E-state index >= 15 is 0 Å². The Morgan fingerprint density at radius 2 is 2.30 bits per heavy atom. The van der Waals surface area contributed by atoms with Crippen LogP contribution < -0.4 is 5.32 Å². The number of aromatic nitrogens is 1. The molecule has 0 bridgehead atoms. The molecule has 1 aliphatic rings. The normalized spacial score (nSPS) is 22.0. The Bertz CT molecular complexity index is 748. The summed E-state index contributed by atoms with van der Waals surface area (Å²) >= 11 is 0. The number of aliphatic hydroxyl groups excluding tert-OH is 1. The first-order chi connectivity index (χ1) is 11.1. The van der Waals surface area contributed by atoms with Gasteiger partial charge in [0.05, 0.1) is 17.7 Å². The Morgan fingerprint density at radius 1 is 1.48 bits per heavy atom. The summed E-state index contributed by atoms with van der Waals surface area (Å²) in [6.45, 7) is 3.46. The minimum absolute atomic E-state index is 0.0215. The number of aliphatic hydroxyl groups is 1. The number of fused-ring (bicyclic) bond motifs is 1. The van der Waals surface area contributed by atoms with Crippen LogP contribution in [0.25, 0.3) is 10.9 Å². The standard InChI is InChI=1S/C18H22N2O3/c1-12-6-7-16-13(10-12)14(18(22)23)11-20(16)9-3-4-15-17(21)5-2-8-19-15/h3-4,6-7,10-11,15,17,19,21H,2,5,8-9H2,1H3,(H,22,23)/b4-3+/t15-,17+/m1/s1. The lowest BCUT2D eigenvalue weighted by molar-refractivity contribution is 0.0699.